The van der Waals surface area contributed by atoms with Gasteiger partial charge in [0.2, 0.25) is 0 Å². The van der Waals surface area contributed by atoms with Crippen molar-refractivity contribution >= 4 is 11.6 Å². The first-order valence-corrected chi connectivity index (χ1v) is 7.25. The van der Waals surface area contributed by atoms with Gasteiger partial charge in [-0.3, -0.25) is 0 Å². The summed E-state index contributed by atoms with van der Waals surface area (Å²) in [6.07, 6.45) is 4.12. The molecule has 0 aromatic carbocycles. The third-order valence-electron chi connectivity index (χ3n) is 3.88. The fraction of sp³-hybridized carbons (Fsp3) is 1.00. The lowest BCUT2D eigenvalue weighted by atomic mass is 9.77. The lowest BCUT2D eigenvalue weighted by Crippen LogP contribution is -2.30. The van der Waals surface area contributed by atoms with E-state index in [0.29, 0.717) is 11.3 Å². The molecule has 1 rings (SSSR count). The molecule has 2 unspecified atom stereocenters. The number of hydrogen-bond donors (Lipinski definition) is 0. The van der Waals surface area contributed by atoms with Crippen LogP contribution in [0.4, 0.5) is 0 Å². The monoisotopic (exact) mass is 245 g/mol. The number of halogens is 1. The molecule has 16 heavy (non-hydrogen) atoms. The maximum Gasteiger partial charge on any atom is 0.0261 e. The van der Waals surface area contributed by atoms with Crippen molar-refractivity contribution in [2.24, 2.45) is 17.3 Å². The summed E-state index contributed by atoms with van der Waals surface area (Å²) in [6, 6.07) is 0. The quantitative estimate of drug-likeness (QED) is 0.680. The molecule has 1 fully saturated rings. The van der Waals surface area contributed by atoms with Crippen LogP contribution in [0.15, 0.2) is 0 Å². The van der Waals surface area contributed by atoms with Crippen molar-refractivity contribution in [3.63, 3.8) is 0 Å². The fourth-order valence-corrected chi connectivity index (χ4v) is 2.79. The van der Waals surface area contributed by atoms with Crippen LogP contribution in [0, 0.1) is 17.3 Å². The van der Waals surface area contributed by atoms with Gasteiger partial charge in [0.1, 0.15) is 0 Å². The normalized spacial score (nSPS) is 26.4. The Hall–Kier alpha value is 0.250. The maximum atomic E-state index is 5.89. The zero-order valence-corrected chi connectivity index (χ0v) is 12.2. The Kier molecular flexibility index (Phi) is 5.60. The van der Waals surface area contributed by atoms with Crippen molar-refractivity contribution in [1.29, 1.82) is 0 Å². The molecule has 1 aliphatic heterocycles. The largest absolute Gasteiger partial charge is 0.303 e. The summed E-state index contributed by atoms with van der Waals surface area (Å²) >= 11 is 5.89. The van der Waals surface area contributed by atoms with E-state index in [2.05, 4.69) is 32.6 Å². The minimum atomic E-state index is 0.480. The molecule has 0 saturated carbocycles. The van der Waals surface area contributed by atoms with E-state index in [4.69, 9.17) is 11.6 Å². The fourth-order valence-electron chi connectivity index (χ4n) is 2.69. The number of rotatable bonds is 3. The number of likely N-dealkylation sites (tertiary alicyclic amines) is 1. The van der Waals surface area contributed by atoms with Crippen molar-refractivity contribution in [1.82, 2.24) is 4.90 Å². The molecule has 0 bridgehead atoms. The predicted octanol–water partition coefficient (Wildman–Crippen LogP) is 4.01. The summed E-state index contributed by atoms with van der Waals surface area (Å²) in [7, 11) is 0. The van der Waals surface area contributed by atoms with E-state index < -0.39 is 0 Å². The third kappa shape index (κ3) is 4.63. The minimum Gasteiger partial charge on any atom is -0.303 e. The van der Waals surface area contributed by atoms with Gasteiger partial charge in [0.05, 0.1) is 0 Å². The first kappa shape index (κ1) is 14.3. The second-order valence-corrected chi connectivity index (χ2v) is 6.86. The highest BCUT2D eigenvalue weighted by atomic mass is 35.5. The molecule has 0 N–H and O–H groups in total. The van der Waals surface area contributed by atoms with E-state index in [1.165, 1.54) is 38.9 Å². The maximum absolute atomic E-state index is 5.89. The number of hydrogen-bond acceptors (Lipinski definition) is 1. The van der Waals surface area contributed by atoms with E-state index >= 15 is 0 Å². The topological polar surface area (TPSA) is 3.24 Å². The van der Waals surface area contributed by atoms with Crippen LogP contribution in [0.25, 0.3) is 0 Å². The van der Waals surface area contributed by atoms with Crippen LogP contribution in [0.2, 0.25) is 0 Å². The van der Waals surface area contributed by atoms with Crippen molar-refractivity contribution in [2.45, 2.75) is 47.0 Å². The molecule has 1 nitrogen and oxygen atoms in total. The lowest BCUT2D eigenvalue weighted by Gasteiger charge is -2.30. The van der Waals surface area contributed by atoms with E-state index in [1.807, 2.05) is 0 Å². The van der Waals surface area contributed by atoms with Crippen LogP contribution in [-0.4, -0.2) is 30.4 Å². The average molecular weight is 246 g/mol. The number of nitrogens with zero attached hydrogens (tertiary/aromatic N) is 1. The van der Waals surface area contributed by atoms with Crippen molar-refractivity contribution in [3.05, 3.63) is 0 Å². The van der Waals surface area contributed by atoms with Gasteiger partial charge in [0.15, 0.2) is 0 Å². The smallest absolute Gasteiger partial charge is 0.0261 e. The second kappa shape index (κ2) is 6.26. The van der Waals surface area contributed by atoms with Crippen molar-refractivity contribution < 1.29 is 0 Å². The molecule has 1 heterocycles. The Morgan fingerprint density at radius 3 is 2.50 bits per heavy atom. The van der Waals surface area contributed by atoms with Crippen LogP contribution in [0.3, 0.4) is 0 Å². The van der Waals surface area contributed by atoms with Crippen LogP contribution >= 0.6 is 11.6 Å². The zero-order chi connectivity index (χ0) is 12.2. The van der Waals surface area contributed by atoms with Gasteiger partial charge < -0.3 is 4.90 Å². The van der Waals surface area contributed by atoms with Crippen LogP contribution in [0.1, 0.15) is 47.0 Å². The van der Waals surface area contributed by atoms with E-state index in [-0.39, 0.29) is 0 Å². The highest BCUT2D eigenvalue weighted by Gasteiger charge is 2.27. The Balaban J connectivity index is 2.40. The molecular formula is C14H28ClN. The Morgan fingerprint density at radius 2 is 1.94 bits per heavy atom. The Labute approximate surface area is 107 Å². The average Bonchev–Trinajstić information content (AvgIpc) is 2.42. The minimum absolute atomic E-state index is 0.480. The highest BCUT2D eigenvalue weighted by molar-refractivity contribution is 6.18. The summed E-state index contributed by atoms with van der Waals surface area (Å²) in [6.45, 7) is 13.1. The van der Waals surface area contributed by atoms with Gasteiger partial charge >= 0.3 is 0 Å². The summed E-state index contributed by atoms with van der Waals surface area (Å²) in [5.74, 6) is 2.32. The van der Waals surface area contributed by atoms with Gasteiger partial charge in [0.25, 0.3) is 0 Å². The second-order valence-electron chi connectivity index (χ2n) is 6.55. The first-order chi connectivity index (χ1) is 7.43. The molecule has 1 aliphatic rings. The van der Waals surface area contributed by atoms with Gasteiger partial charge in [-0.25, -0.2) is 0 Å². The molecular weight excluding hydrogens is 218 g/mol. The van der Waals surface area contributed by atoms with Gasteiger partial charge in [-0.15, -0.1) is 11.6 Å². The molecule has 96 valence electrons. The molecule has 0 aromatic rings. The lowest BCUT2D eigenvalue weighted by molar-refractivity contribution is 0.203. The van der Waals surface area contributed by atoms with E-state index in [1.54, 1.807) is 0 Å². The van der Waals surface area contributed by atoms with Crippen LogP contribution in [0.5, 0.6) is 0 Å². The summed E-state index contributed by atoms with van der Waals surface area (Å²) in [4.78, 5) is 2.61. The SMILES string of the molecule is CC(CCl)CN1CCCC(C(C)(C)C)CC1. The molecule has 2 heteroatoms. The molecule has 0 amide bonds. The molecule has 0 aromatic heterocycles. The Morgan fingerprint density at radius 1 is 1.25 bits per heavy atom. The van der Waals surface area contributed by atoms with Crippen LogP contribution < -0.4 is 0 Å². The molecule has 0 radical (unpaired) electrons. The standard InChI is InChI=1S/C14H28ClN/c1-12(10-15)11-16-8-5-6-13(7-9-16)14(2,3)4/h12-13H,5-11H2,1-4H3. The highest BCUT2D eigenvalue weighted by Crippen LogP contribution is 2.34. The molecule has 1 saturated heterocycles. The van der Waals surface area contributed by atoms with Gasteiger partial charge in [-0.05, 0) is 49.6 Å². The van der Waals surface area contributed by atoms with Gasteiger partial charge in [-0.2, -0.15) is 0 Å². The summed E-state index contributed by atoms with van der Waals surface area (Å²) in [5.41, 5.74) is 0.480. The zero-order valence-electron chi connectivity index (χ0n) is 11.4. The van der Waals surface area contributed by atoms with Crippen molar-refractivity contribution in [3.8, 4) is 0 Å². The van der Waals surface area contributed by atoms with Crippen LogP contribution in [-0.2, 0) is 0 Å². The Bertz CT molecular complexity index is 197. The molecule has 0 aliphatic carbocycles. The van der Waals surface area contributed by atoms with E-state index in [0.717, 1.165) is 11.8 Å². The van der Waals surface area contributed by atoms with Crippen molar-refractivity contribution in [2.75, 3.05) is 25.5 Å². The van der Waals surface area contributed by atoms with E-state index in [9.17, 15) is 0 Å². The summed E-state index contributed by atoms with van der Waals surface area (Å²) in [5, 5.41) is 0. The molecule has 0 spiro atoms. The van der Waals surface area contributed by atoms with Gasteiger partial charge in [0, 0.05) is 12.4 Å². The summed E-state index contributed by atoms with van der Waals surface area (Å²) < 4.78 is 0. The molecule has 2 atom stereocenters. The van der Waals surface area contributed by atoms with Gasteiger partial charge in [-0.1, -0.05) is 27.7 Å². The number of alkyl halides is 1. The first-order valence-electron chi connectivity index (χ1n) is 6.71. The third-order valence-corrected chi connectivity index (χ3v) is 4.41. The predicted molar refractivity (Wildman–Crippen MR) is 73.1 cm³/mol.